The molecule has 0 aromatic heterocycles. The van der Waals surface area contributed by atoms with Crippen molar-refractivity contribution in [3.8, 4) is 0 Å². The van der Waals surface area contributed by atoms with Gasteiger partial charge in [0.25, 0.3) is 0 Å². The third-order valence-electron chi connectivity index (χ3n) is 2.58. The highest BCUT2D eigenvalue weighted by atomic mass is 32.2. The van der Waals surface area contributed by atoms with Crippen LogP contribution in [0.4, 0.5) is 4.39 Å². The molecule has 0 unspecified atom stereocenters. The molecule has 0 bridgehead atoms. The Morgan fingerprint density at radius 3 is 2.53 bits per heavy atom. The van der Waals surface area contributed by atoms with Crippen molar-refractivity contribution < 1.29 is 4.39 Å². The van der Waals surface area contributed by atoms with Crippen LogP contribution in [0.15, 0.2) is 30.2 Å². The molecule has 0 fully saturated rings. The molecule has 0 amide bonds. The van der Waals surface area contributed by atoms with Crippen molar-refractivity contribution in [1.29, 1.82) is 0 Å². The van der Waals surface area contributed by atoms with Crippen LogP contribution in [0.1, 0.15) is 43.4 Å². The molecule has 0 atom stereocenters. The minimum Gasteiger partial charge on any atom is -0.207 e. The normalized spacial score (nSPS) is 11.4. The molecule has 0 aliphatic carbocycles. The number of allylic oxidation sites excluding steroid dienone is 1. The van der Waals surface area contributed by atoms with Crippen molar-refractivity contribution in [3.63, 3.8) is 0 Å². The lowest BCUT2D eigenvalue weighted by molar-refractivity contribution is 0.595. The Kier molecular flexibility index (Phi) is 5.01. The molecule has 0 saturated carbocycles. The summed E-state index contributed by atoms with van der Waals surface area (Å²) in [4.78, 5) is 0.875. The second kappa shape index (κ2) is 6.06. The highest BCUT2D eigenvalue weighted by molar-refractivity contribution is 8.10. The zero-order valence-electron chi connectivity index (χ0n) is 10.9. The second-order valence-corrected chi connectivity index (χ2v) is 5.35. The highest BCUT2D eigenvalue weighted by Gasteiger charge is 2.12. The Balaban J connectivity index is 3.10. The van der Waals surface area contributed by atoms with Crippen molar-refractivity contribution in [1.82, 2.24) is 0 Å². The topological polar surface area (TPSA) is 0 Å². The van der Waals surface area contributed by atoms with Crippen LogP contribution >= 0.6 is 11.8 Å². The second-order valence-electron chi connectivity index (χ2n) is 4.35. The van der Waals surface area contributed by atoms with E-state index in [0.29, 0.717) is 0 Å². The van der Waals surface area contributed by atoms with Crippen molar-refractivity contribution >= 4 is 16.7 Å². The first kappa shape index (κ1) is 14.0. The summed E-state index contributed by atoms with van der Waals surface area (Å²) in [6, 6.07) is 3.60. The maximum atomic E-state index is 14.0. The molecule has 0 aliphatic heterocycles. The lowest BCUT2D eigenvalue weighted by Crippen LogP contribution is -1.98. The van der Waals surface area contributed by atoms with Crippen molar-refractivity contribution in [2.24, 2.45) is 0 Å². The third kappa shape index (κ3) is 3.47. The molecule has 1 aromatic rings. The molecule has 1 aromatic carbocycles. The van der Waals surface area contributed by atoms with Crippen LogP contribution in [0, 0.1) is 12.7 Å². The average molecular weight is 250 g/mol. The summed E-state index contributed by atoms with van der Waals surface area (Å²) in [6.45, 7) is 11.9. The fraction of sp³-hybridized carbons (Fsp3) is 0.333. The smallest absolute Gasteiger partial charge is 0.127 e. The summed E-state index contributed by atoms with van der Waals surface area (Å²) in [7, 11) is 0. The standard InChI is InChI=1S/C15H19FS/c1-6-7-17-12(5)13-8-11(4)15(10(2)3)14(16)9-13/h6-10H,5H2,1-4H3/b7-6-. The van der Waals surface area contributed by atoms with Crippen molar-refractivity contribution in [2.45, 2.75) is 33.6 Å². The maximum absolute atomic E-state index is 14.0. The van der Waals surface area contributed by atoms with Crippen LogP contribution in [0.25, 0.3) is 4.91 Å². The Hall–Kier alpha value is -1.02. The number of thioether (sulfide) groups is 1. The first-order valence-electron chi connectivity index (χ1n) is 5.74. The van der Waals surface area contributed by atoms with Gasteiger partial charge in [-0.25, -0.2) is 4.39 Å². The molecule has 0 radical (unpaired) electrons. The molecule has 0 saturated heterocycles. The quantitative estimate of drug-likeness (QED) is 0.680. The van der Waals surface area contributed by atoms with Gasteiger partial charge in [-0.05, 0) is 47.9 Å². The number of benzene rings is 1. The summed E-state index contributed by atoms with van der Waals surface area (Å²) in [6.07, 6.45) is 1.95. The zero-order valence-corrected chi connectivity index (χ0v) is 11.7. The van der Waals surface area contributed by atoms with Gasteiger partial charge >= 0.3 is 0 Å². The monoisotopic (exact) mass is 250 g/mol. The van der Waals surface area contributed by atoms with Crippen LogP contribution in [0.3, 0.4) is 0 Å². The van der Waals surface area contributed by atoms with E-state index in [9.17, 15) is 4.39 Å². The maximum Gasteiger partial charge on any atom is 0.127 e. The largest absolute Gasteiger partial charge is 0.207 e. The van der Waals surface area contributed by atoms with Crippen LogP contribution in [-0.2, 0) is 0 Å². The minimum absolute atomic E-state index is 0.128. The summed E-state index contributed by atoms with van der Waals surface area (Å²) in [5.74, 6) is 0.0812. The number of rotatable bonds is 4. The van der Waals surface area contributed by atoms with E-state index in [1.54, 1.807) is 6.07 Å². The van der Waals surface area contributed by atoms with E-state index in [1.807, 2.05) is 45.2 Å². The predicted molar refractivity (Wildman–Crippen MR) is 76.7 cm³/mol. The first-order chi connectivity index (χ1) is 7.97. The Labute approximate surface area is 108 Å². The summed E-state index contributed by atoms with van der Waals surface area (Å²) < 4.78 is 14.0. The Bertz CT molecular complexity index is 421. The van der Waals surface area contributed by atoms with Gasteiger partial charge < -0.3 is 0 Å². The first-order valence-corrected chi connectivity index (χ1v) is 6.62. The van der Waals surface area contributed by atoms with Crippen molar-refractivity contribution in [3.05, 3.63) is 52.7 Å². The number of hydrogen-bond acceptors (Lipinski definition) is 1. The summed E-state index contributed by atoms with van der Waals surface area (Å²) in [5, 5.41) is 1.95. The van der Waals surface area contributed by atoms with Gasteiger partial charge in [0.1, 0.15) is 5.82 Å². The molecule has 0 heterocycles. The van der Waals surface area contributed by atoms with Gasteiger partial charge in [0.15, 0.2) is 0 Å². The van der Waals surface area contributed by atoms with E-state index in [2.05, 4.69) is 6.58 Å². The Morgan fingerprint density at radius 2 is 2.06 bits per heavy atom. The van der Waals surface area contributed by atoms with Crippen LogP contribution < -0.4 is 0 Å². The molecule has 0 aliphatic rings. The van der Waals surface area contributed by atoms with Gasteiger partial charge in [-0.1, -0.05) is 44.3 Å². The predicted octanol–water partition coefficient (Wildman–Crippen LogP) is 5.50. The van der Waals surface area contributed by atoms with Crippen LogP contribution in [0.2, 0.25) is 0 Å². The van der Waals surface area contributed by atoms with E-state index in [-0.39, 0.29) is 11.7 Å². The van der Waals surface area contributed by atoms with Crippen molar-refractivity contribution in [2.75, 3.05) is 0 Å². The van der Waals surface area contributed by atoms with Gasteiger partial charge in [0, 0.05) is 4.91 Å². The van der Waals surface area contributed by atoms with Gasteiger partial charge in [-0.3, -0.25) is 0 Å². The fourth-order valence-corrected chi connectivity index (χ4v) is 2.42. The lowest BCUT2D eigenvalue weighted by Gasteiger charge is -2.13. The van der Waals surface area contributed by atoms with Crippen LogP contribution in [-0.4, -0.2) is 0 Å². The van der Waals surface area contributed by atoms with Gasteiger partial charge in [0.05, 0.1) is 0 Å². The van der Waals surface area contributed by atoms with E-state index < -0.39 is 0 Å². The van der Waals surface area contributed by atoms with Gasteiger partial charge in [-0.2, -0.15) is 0 Å². The number of aryl methyl sites for hydroxylation is 1. The molecular formula is C15H19FS. The highest BCUT2D eigenvalue weighted by Crippen LogP contribution is 2.31. The van der Waals surface area contributed by atoms with E-state index in [0.717, 1.165) is 21.6 Å². The molecule has 17 heavy (non-hydrogen) atoms. The molecular weight excluding hydrogens is 231 g/mol. The number of halogens is 1. The minimum atomic E-state index is -0.128. The average Bonchev–Trinajstić information content (AvgIpc) is 2.24. The molecule has 0 spiro atoms. The lowest BCUT2D eigenvalue weighted by atomic mass is 9.95. The Morgan fingerprint density at radius 1 is 1.41 bits per heavy atom. The van der Waals surface area contributed by atoms with E-state index in [4.69, 9.17) is 0 Å². The third-order valence-corrected chi connectivity index (χ3v) is 3.51. The fourth-order valence-electron chi connectivity index (χ4n) is 1.87. The van der Waals surface area contributed by atoms with E-state index in [1.165, 1.54) is 11.8 Å². The molecule has 0 nitrogen and oxygen atoms in total. The molecule has 2 heteroatoms. The summed E-state index contributed by atoms with van der Waals surface area (Å²) in [5.41, 5.74) is 2.67. The van der Waals surface area contributed by atoms with Gasteiger partial charge in [0.2, 0.25) is 0 Å². The van der Waals surface area contributed by atoms with E-state index >= 15 is 0 Å². The molecule has 0 N–H and O–H groups in total. The SMILES string of the molecule is C=C(S/C=C\C)c1cc(C)c(C(C)C)c(F)c1. The number of hydrogen-bond donors (Lipinski definition) is 0. The molecule has 92 valence electrons. The molecule has 1 rings (SSSR count). The zero-order chi connectivity index (χ0) is 13.0. The summed E-state index contributed by atoms with van der Waals surface area (Å²) >= 11 is 1.52. The van der Waals surface area contributed by atoms with Crippen LogP contribution in [0.5, 0.6) is 0 Å². The van der Waals surface area contributed by atoms with Gasteiger partial charge in [-0.15, -0.1) is 0 Å².